The second-order valence-electron chi connectivity index (χ2n) is 8.76. The van der Waals surface area contributed by atoms with Gasteiger partial charge in [-0.2, -0.15) is 30.9 Å². The van der Waals surface area contributed by atoms with Crippen molar-refractivity contribution in [2.45, 2.75) is 25.9 Å². The van der Waals surface area contributed by atoms with Crippen LogP contribution in [-0.2, 0) is 25.9 Å². The Balaban J connectivity index is 1.37. The van der Waals surface area contributed by atoms with E-state index in [0.29, 0.717) is 38.2 Å². The summed E-state index contributed by atoms with van der Waals surface area (Å²) in [6, 6.07) is 2.79. The molecule has 1 aromatic carbocycles. The van der Waals surface area contributed by atoms with Gasteiger partial charge in [0.15, 0.2) is 5.69 Å². The van der Waals surface area contributed by atoms with Gasteiger partial charge in [0.25, 0.3) is 11.9 Å². The summed E-state index contributed by atoms with van der Waals surface area (Å²) >= 11 is 0. The van der Waals surface area contributed by atoms with Gasteiger partial charge in [-0.3, -0.25) is 9.59 Å². The first-order valence-electron chi connectivity index (χ1n) is 11.5. The van der Waals surface area contributed by atoms with Crippen LogP contribution in [0.15, 0.2) is 28.9 Å². The van der Waals surface area contributed by atoms with Gasteiger partial charge in [0, 0.05) is 38.5 Å². The highest BCUT2D eigenvalue weighted by atomic mass is 32.2. The number of alkyl halides is 3. The molecule has 2 aliphatic heterocycles. The van der Waals surface area contributed by atoms with E-state index in [1.807, 2.05) is 4.72 Å². The van der Waals surface area contributed by atoms with Crippen molar-refractivity contribution in [3.8, 4) is 0 Å². The van der Waals surface area contributed by atoms with Crippen molar-refractivity contribution in [3.63, 3.8) is 0 Å². The number of oxazole rings is 1. The maximum absolute atomic E-state index is 13.0. The fourth-order valence-corrected chi connectivity index (χ4v) is 5.22. The average molecular weight is 546 g/mol. The van der Waals surface area contributed by atoms with Crippen LogP contribution >= 0.6 is 0 Å². The smallest absolute Gasteiger partial charge is 0.416 e. The van der Waals surface area contributed by atoms with Gasteiger partial charge in [0.05, 0.1) is 18.1 Å². The van der Waals surface area contributed by atoms with Crippen molar-refractivity contribution in [2.24, 2.45) is 5.92 Å². The SMILES string of the molecule is Cc1ccc(C(F)(F)F)cc1Nc1nc(C(=O)NS(=O)(=O)N2CCCN(C(=O)C3CCOC3)CC2)co1. The molecule has 0 radical (unpaired) electrons. The molecule has 2 fully saturated rings. The Labute approximate surface area is 211 Å². The van der Waals surface area contributed by atoms with Crippen molar-refractivity contribution in [2.75, 3.05) is 44.7 Å². The number of nitrogens with one attached hydrogen (secondary N) is 2. The van der Waals surface area contributed by atoms with Crippen molar-refractivity contribution in [3.05, 3.63) is 41.3 Å². The molecule has 2 aromatic rings. The number of carbonyl (C=O) groups excluding carboxylic acids is 2. The number of nitrogens with zero attached hydrogens (tertiary/aromatic N) is 3. The van der Waals surface area contributed by atoms with Crippen LogP contribution in [0.1, 0.15) is 34.5 Å². The lowest BCUT2D eigenvalue weighted by Crippen LogP contribution is -2.45. The first-order valence-corrected chi connectivity index (χ1v) is 13.0. The van der Waals surface area contributed by atoms with Crippen LogP contribution in [0.5, 0.6) is 0 Å². The number of ether oxygens (including phenoxy) is 1. The largest absolute Gasteiger partial charge is 0.431 e. The third-order valence-electron chi connectivity index (χ3n) is 6.15. The highest BCUT2D eigenvalue weighted by molar-refractivity contribution is 7.87. The Kier molecular flexibility index (Phi) is 7.75. The second kappa shape index (κ2) is 10.7. The number of hydrogen-bond acceptors (Lipinski definition) is 8. The molecule has 11 nitrogen and oxygen atoms in total. The Bertz CT molecular complexity index is 1260. The first-order chi connectivity index (χ1) is 17.4. The summed E-state index contributed by atoms with van der Waals surface area (Å²) in [6.45, 7) is 3.13. The minimum atomic E-state index is -4.55. The van der Waals surface area contributed by atoms with Crippen molar-refractivity contribution in [1.29, 1.82) is 0 Å². The molecule has 0 saturated carbocycles. The quantitative estimate of drug-likeness (QED) is 0.565. The van der Waals surface area contributed by atoms with Crippen LogP contribution in [0.3, 0.4) is 0 Å². The molecule has 37 heavy (non-hydrogen) atoms. The Morgan fingerprint density at radius 1 is 1.16 bits per heavy atom. The van der Waals surface area contributed by atoms with Gasteiger partial charge in [0.1, 0.15) is 6.26 Å². The van der Waals surface area contributed by atoms with Gasteiger partial charge >= 0.3 is 16.4 Å². The number of carbonyl (C=O) groups is 2. The van der Waals surface area contributed by atoms with E-state index in [2.05, 4.69) is 10.3 Å². The molecule has 0 spiro atoms. The van der Waals surface area contributed by atoms with Crippen LogP contribution < -0.4 is 10.0 Å². The lowest BCUT2D eigenvalue weighted by Gasteiger charge is -2.23. The lowest BCUT2D eigenvalue weighted by molar-refractivity contribution is -0.137. The van der Waals surface area contributed by atoms with Gasteiger partial charge in [-0.25, -0.2) is 4.72 Å². The molecule has 0 aliphatic carbocycles. The number of halogens is 3. The molecule has 2 saturated heterocycles. The van der Waals surface area contributed by atoms with E-state index in [0.717, 1.165) is 22.7 Å². The minimum absolute atomic E-state index is 0.00236. The molecule has 0 bridgehead atoms. The van der Waals surface area contributed by atoms with Crippen molar-refractivity contribution in [1.82, 2.24) is 18.9 Å². The number of aromatic nitrogens is 1. The molecule has 4 rings (SSSR count). The van der Waals surface area contributed by atoms with E-state index >= 15 is 0 Å². The van der Waals surface area contributed by atoms with Gasteiger partial charge in [-0.15, -0.1) is 0 Å². The predicted molar refractivity (Wildman–Crippen MR) is 124 cm³/mol. The molecule has 1 atom stereocenters. The van der Waals surface area contributed by atoms with Gasteiger partial charge < -0.3 is 19.4 Å². The van der Waals surface area contributed by atoms with Crippen molar-refractivity contribution < 1.29 is 40.3 Å². The summed E-state index contributed by atoms with van der Waals surface area (Å²) in [5.41, 5.74) is -0.743. The highest BCUT2D eigenvalue weighted by Crippen LogP contribution is 2.33. The number of rotatable bonds is 6. The van der Waals surface area contributed by atoms with E-state index in [9.17, 15) is 31.2 Å². The number of amides is 2. The van der Waals surface area contributed by atoms with E-state index in [1.165, 1.54) is 6.07 Å². The van der Waals surface area contributed by atoms with Gasteiger partial charge in [-0.05, 0) is 37.5 Å². The number of hydrogen-bond donors (Lipinski definition) is 2. The summed E-state index contributed by atoms with van der Waals surface area (Å²) < 4.78 is 78.0. The molecular weight excluding hydrogens is 519 g/mol. The Morgan fingerprint density at radius 3 is 2.65 bits per heavy atom. The molecule has 2 aliphatic rings. The van der Waals surface area contributed by atoms with Gasteiger partial charge in [-0.1, -0.05) is 6.07 Å². The van der Waals surface area contributed by atoms with Crippen LogP contribution in [-0.4, -0.2) is 73.8 Å². The van der Waals surface area contributed by atoms with E-state index in [1.54, 1.807) is 11.8 Å². The van der Waals surface area contributed by atoms with E-state index in [-0.39, 0.29) is 48.9 Å². The van der Waals surface area contributed by atoms with E-state index in [4.69, 9.17) is 9.15 Å². The normalized spacial score (nSPS) is 19.5. The van der Waals surface area contributed by atoms with E-state index < -0.39 is 27.9 Å². The number of aryl methyl sites for hydroxylation is 1. The van der Waals surface area contributed by atoms with Crippen LogP contribution in [0.4, 0.5) is 24.9 Å². The average Bonchev–Trinajstić information content (AvgIpc) is 3.46. The zero-order chi connectivity index (χ0) is 26.8. The number of anilines is 2. The molecule has 3 heterocycles. The fourth-order valence-electron chi connectivity index (χ4n) is 4.06. The lowest BCUT2D eigenvalue weighted by atomic mass is 10.1. The maximum atomic E-state index is 13.0. The van der Waals surface area contributed by atoms with Gasteiger partial charge in [0.2, 0.25) is 5.91 Å². The van der Waals surface area contributed by atoms with Crippen molar-refractivity contribution >= 4 is 33.7 Å². The van der Waals surface area contributed by atoms with Crippen LogP contribution in [0.2, 0.25) is 0 Å². The summed E-state index contributed by atoms with van der Waals surface area (Å²) in [4.78, 5) is 30.6. The predicted octanol–water partition coefficient (Wildman–Crippen LogP) is 2.29. The molecule has 202 valence electrons. The molecule has 1 aromatic heterocycles. The maximum Gasteiger partial charge on any atom is 0.416 e. The zero-order valence-corrected chi connectivity index (χ0v) is 20.7. The monoisotopic (exact) mass is 545 g/mol. The minimum Gasteiger partial charge on any atom is -0.431 e. The molecule has 2 N–H and O–H groups in total. The number of benzene rings is 1. The first kappa shape index (κ1) is 26.9. The molecule has 1 unspecified atom stereocenters. The standard InChI is InChI=1S/C22H26F3N5O6S/c1-14-3-4-16(22(23,24)25)11-17(14)26-21-27-18(13-36-21)19(31)28-37(33,34)30-7-2-6-29(8-9-30)20(32)15-5-10-35-12-15/h3-4,11,13,15H,2,5-10,12H2,1H3,(H,26,27)(H,28,31). The topological polar surface area (TPSA) is 134 Å². The summed E-state index contributed by atoms with van der Waals surface area (Å²) in [5.74, 6) is -1.37. The Hall–Kier alpha value is -3.17. The highest BCUT2D eigenvalue weighted by Gasteiger charge is 2.33. The molecule has 2 amide bonds. The summed E-state index contributed by atoms with van der Waals surface area (Å²) in [7, 11) is -4.26. The Morgan fingerprint density at radius 2 is 1.95 bits per heavy atom. The molecular formula is C22H26F3N5O6S. The third-order valence-corrected chi connectivity index (χ3v) is 7.64. The second-order valence-corrected chi connectivity index (χ2v) is 10.4. The summed E-state index contributed by atoms with van der Waals surface area (Å²) in [6.07, 6.45) is -2.64. The van der Waals surface area contributed by atoms with Crippen LogP contribution in [0.25, 0.3) is 0 Å². The molecule has 15 heteroatoms. The fraction of sp³-hybridized carbons (Fsp3) is 0.500. The summed E-state index contributed by atoms with van der Waals surface area (Å²) in [5, 5.41) is 2.57. The zero-order valence-electron chi connectivity index (χ0n) is 19.9. The third kappa shape index (κ3) is 6.40. The van der Waals surface area contributed by atoms with Crippen LogP contribution in [0, 0.1) is 12.8 Å².